The number of primary amides is 1. The van der Waals surface area contributed by atoms with Crippen LogP contribution in [0.2, 0.25) is 5.02 Å². The number of rotatable bonds is 9. The van der Waals surface area contributed by atoms with Crippen molar-refractivity contribution in [1.82, 2.24) is 9.80 Å². The standard InChI is InChI=1S/C29H43BrClN3O2/c1-4-7-20(5-2)16-25(28-22(6-3)18-24(31)19-26(28)30)23-10-14-33(15-11-23)27(35)17-21-8-12-34(13-9-21)29(32)36/h16,18-19,21,23,25H,4-15,17H2,1-3H3,(H2,32,36)/b20-16-. The number of likely N-dealkylation sites (tertiary alicyclic amines) is 2. The lowest BCUT2D eigenvalue weighted by atomic mass is 9.76. The number of hydrogen-bond acceptors (Lipinski definition) is 2. The van der Waals surface area contributed by atoms with Crippen molar-refractivity contribution >= 4 is 39.5 Å². The van der Waals surface area contributed by atoms with Crippen LogP contribution in [0, 0.1) is 11.8 Å². The van der Waals surface area contributed by atoms with E-state index >= 15 is 0 Å². The van der Waals surface area contributed by atoms with Gasteiger partial charge in [0.25, 0.3) is 0 Å². The monoisotopic (exact) mass is 579 g/mol. The summed E-state index contributed by atoms with van der Waals surface area (Å²) in [4.78, 5) is 28.2. The smallest absolute Gasteiger partial charge is 0.314 e. The van der Waals surface area contributed by atoms with Gasteiger partial charge in [0.05, 0.1) is 0 Å². The molecule has 3 rings (SSSR count). The van der Waals surface area contributed by atoms with E-state index < -0.39 is 0 Å². The fourth-order valence-electron chi connectivity index (χ4n) is 5.95. The Morgan fingerprint density at radius 3 is 2.28 bits per heavy atom. The van der Waals surface area contributed by atoms with Crippen molar-refractivity contribution < 1.29 is 9.59 Å². The predicted octanol–water partition coefficient (Wildman–Crippen LogP) is 7.30. The molecule has 1 unspecified atom stereocenters. The van der Waals surface area contributed by atoms with E-state index in [1.807, 2.05) is 6.07 Å². The van der Waals surface area contributed by atoms with Crippen LogP contribution in [0.15, 0.2) is 28.3 Å². The zero-order valence-electron chi connectivity index (χ0n) is 22.2. The molecule has 2 saturated heterocycles. The van der Waals surface area contributed by atoms with Gasteiger partial charge in [-0.3, -0.25) is 4.79 Å². The Labute approximate surface area is 230 Å². The average Bonchev–Trinajstić information content (AvgIpc) is 2.87. The Bertz CT molecular complexity index is 935. The Balaban J connectivity index is 1.71. The molecule has 0 aromatic heterocycles. The number of hydrogen-bond donors (Lipinski definition) is 1. The molecule has 7 heteroatoms. The molecule has 1 atom stereocenters. The SMILES string of the molecule is CCC/C(=C\C(c1c(Br)cc(Cl)cc1CC)C1CCN(C(=O)CC2CCN(C(N)=O)CC2)CC1)CC. The van der Waals surface area contributed by atoms with Gasteiger partial charge >= 0.3 is 6.03 Å². The zero-order chi connectivity index (χ0) is 26.2. The van der Waals surface area contributed by atoms with Gasteiger partial charge in [-0.1, -0.05) is 66.4 Å². The van der Waals surface area contributed by atoms with Crippen LogP contribution >= 0.6 is 27.5 Å². The van der Waals surface area contributed by atoms with Gasteiger partial charge in [-0.2, -0.15) is 0 Å². The van der Waals surface area contributed by atoms with Crippen LogP contribution in [0.5, 0.6) is 0 Å². The summed E-state index contributed by atoms with van der Waals surface area (Å²) >= 11 is 10.3. The highest BCUT2D eigenvalue weighted by atomic mass is 79.9. The summed E-state index contributed by atoms with van der Waals surface area (Å²) in [6, 6.07) is 3.80. The number of amides is 3. The van der Waals surface area contributed by atoms with E-state index in [2.05, 4.69) is 53.7 Å². The van der Waals surface area contributed by atoms with Crippen LogP contribution in [-0.2, 0) is 11.2 Å². The van der Waals surface area contributed by atoms with Crippen molar-refractivity contribution in [2.45, 2.75) is 84.5 Å². The molecule has 0 bridgehead atoms. The third-order valence-electron chi connectivity index (χ3n) is 8.12. The summed E-state index contributed by atoms with van der Waals surface area (Å²) in [6.45, 7) is 9.66. The first kappa shape index (κ1) is 29.0. The fraction of sp³-hybridized carbons (Fsp3) is 0.655. The lowest BCUT2D eigenvalue weighted by Gasteiger charge is -2.38. The number of urea groups is 1. The molecule has 36 heavy (non-hydrogen) atoms. The first-order valence-electron chi connectivity index (χ1n) is 13.8. The Kier molecular flexibility index (Phi) is 11.2. The maximum absolute atomic E-state index is 13.1. The number of allylic oxidation sites excluding steroid dienone is 2. The van der Waals surface area contributed by atoms with E-state index in [0.29, 0.717) is 37.3 Å². The number of nitrogens with two attached hydrogens (primary N) is 1. The van der Waals surface area contributed by atoms with Crippen LogP contribution in [0.4, 0.5) is 4.79 Å². The molecule has 3 amide bonds. The molecule has 1 aromatic rings. The minimum Gasteiger partial charge on any atom is -0.351 e. The summed E-state index contributed by atoms with van der Waals surface area (Å²) in [6.07, 6.45) is 11.2. The second kappa shape index (κ2) is 13.9. The maximum atomic E-state index is 13.1. The van der Waals surface area contributed by atoms with Gasteiger partial charge in [0.2, 0.25) is 5.91 Å². The number of benzene rings is 1. The van der Waals surface area contributed by atoms with Gasteiger partial charge in [-0.25, -0.2) is 4.79 Å². The van der Waals surface area contributed by atoms with Crippen molar-refractivity contribution in [1.29, 1.82) is 0 Å². The summed E-state index contributed by atoms with van der Waals surface area (Å²) in [5.41, 5.74) is 9.60. The lowest BCUT2D eigenvalue weighted by Crippen LogP contribution is -2.44. The maximum Gasteiger partial charge on any atom is 0.314 e. The highest BCUT2D eigenvalue weighted by molar-refractivity contribution is 9.10. The quantitative estimate of drug-likeness (QED) is 0.311. The molecule has 200 valence electrons. The van der Waals surface area contributed by atoms with Crippen molar-refractivity contribution in [3.63, 3.8) is 0 Å². The van der Waals surface area contributed by atoms with Crippen molar-refractivity contribution in [3.8, 4) is 0 Å². The average molecular weight is 581 g/mol. The number of halogens is 2. The van der Waals surface area contributed by atoms with E-state index in [4.69, 9.17) is 17.3 Å². The number of carbonyl (C=O) groups is 2. The lowest BCUT2D eigenvalue weighted by molar-refractivity contribution is -0.134. The Morgan fingerprint density at radius 1 is 1.08 bits per heavy atom. The van der Waals surface area contributed by atoms with Gasteiger partial charge in [0, 0.05) is 48.0 Å². The molecule has 1 aromatic carbocycles. The molecule has 5 nitrogen and oxygen atoms in total. The van der Waals surface area contributed by atoms with Crippen molar-refractivity contribution in [3.05, 3.63) is 44.4 Å². The van der Waals surface area contributed by atoms with Gasteiger partial charge in [0.15, 0.2) is 0 Å². The van der Waals surface area contributed by atoms with Crippen LogP contribution in [0.1, 0.15) is 89.2 Å². The molecular formula is C29H43BrClN3O2. The Hall–Kier alpha value is -1.53. The molecule has 2 heterocycles. The van der Waals surface area contributed by atoms with E-state index in [0.717, 1.165) is 74.0 Å². The van der Waals surface area contributed by atoms with Gasteiger partial charge in [-0.05, 0) is 80.0 Å². The zero-order valence-corrected chi connectivity index (χ0v) is 24.5. The van der Waals surface area contributed by atoms with Crippen LogP contribution < -0.4 is 5.73 Å². The first-order chi connectivity index (χ1) is 17.3. The van der Waals surface area contributed by atoms with E-state index in [9.17, 15) is 9.59 Å². The van der Waals surface area contributed by atoms with Crippen LogP contribution in [0.25, 0.3) is 0 Å². The Morgan fingerprint density at radius 2 is 1.72 bits per heavy atom. The van der Waals surface area contributed by atoms with E-state index in [1.54, 1.807) is 4.90 Å². The normalized spacial score (nSPS) is 19.0. The van der Waals surface area contributed by atoms with Gasteiger partial charge in [-0.15, -0.1) is 0 Å². The molecule has 0 aliphatic carbocycles. The molecule has 0 radical (unpaired) electrons. The molecule has 2 fully saturated rings. The molecule has 0 saturated carbocycles. The largest absolute Gasteiger partial charge is 0.351 e. The highest BCUT2D eigenvalue weighted by Crippen LogP contribution is 2.42. The summed E-state index contributed by atoms with van der Waals surface area (Å²) in [5, 5.41) is 0.775. The number of carbonyl (C=O) groups excluding carboxylic acids is 2. The fourth-order valence-corrected chi connectivity index (χ4v) is 7.09. The highest BCUT2D eigenvalue weighted by Gasteiger charge is 2.32. The van der Waals surface area contributed by atoms with Crippen molar-refractivity contribution in [2.75, 3.05) is 26.2 Å². The minimum absolute atomic E-state index is 0.264. The molecule has 2 N–H and O–H groups in total. The van der Waals surface area contributed by atoms with Gasteiger partial charge in [0.1, 0.15) is 0 Å². The summed E-state index contributed by atoms with van der Waals surface area (Å²) < 4.78 is 1.10. The minimum atomic E-state index is -0.353. The molecule has 2 aliphatic rings. The van der Waals surface area contributed by atoms with Crippen molar-refractivity contribution in [2.24, 2.45) is 17.6 Å². The molecular weight excluding hydrogens is 538 g/mol. The number of nitrogens with zero attached hydrogens (tertiary/aromatic N) is 2. The summed E-state index contributed by atoms with van der Waals surface area (Å²) in [5.74, 6) is 1.43. The van der Waals surface area contributed by atoms with E-state index in [-0.39, 0.29) is 11.9 Å². The molecule has 2 aliphatic heterocycles. The molecule has 0 spiro atoms. The van der Waals surface area contributed by atoms with Crippen LogP contribution in [-0.4, -0.2) is 47.9 Å². The van der Waals surface area contributed by atoms with Crippen LogP contribution in [0.3, 0.4) is 0 Å². The number of aryl methyl sites for hydroxylation is 1. The topological polar surface area (TPSA) is 66.6 Å². The predicted molar refractivity (Wildman–Crippen MR) is 152 cm³/mol. The van der Waals surface area contributed by atoms with Gasteiger partial charge < -0.3 is 15.5 Å². The third kappa shape index (κ3) is 7.50. The summed E-state index contributed by atoms with van der Waals surface area (Å²) in [7, 11) is 0. The van der Waals surface area contributed by atoms with E-state index in [1.165, 1.54) is 16.7 Å². The first-order valence-corrected chi connectivity index (χ1v) is 14.9. The number of piperidine rings is 2. The second-order valence-electron chi connectivity index (χ2n) is 10.5. The third-order valence-corrected chi connectivity index (χ3v) is 9.00. The second-order valence-corrected chi connectivity index (χ2v) is 11.7.